The molecule has 6 heteroatoms. The van der Waals surface area contributed by atoms with Crippen LogP contribution in [-0.2, 0) is 0 Å². The number of carbonyl (C=O) groups excluding carboxylic acids is 2. The van der Waals surface area contributed by atoms with Gasteiger partial charge in [-0.1, -0.05) is 24.3 Å². The Morgan fingerprint density at radius 1 is 0.800 bits per heavy atom. The average molecular weight is 333 g/mol. The highest BCUT2D eigenvalue weighted by atomic mass is 16.3. The van der Waals surface area contributed by atoms with Crippen LogP contribution in [0.15, 0.2) is 72.9 Å². The van der Waals surface area contributed by atoms with Crippen LogP contribution in [0.2, 0.25) is 0 Å². The van der Waals surface area contributed by atoms with Gasteiger partial charge in [0.25, 0.3) is 11.8 Å². The van der Waals surface area contributed by atoms with Gasteiger partial charge in [-0.3, -0.25) is 9.59 Å². The van der Waals surface area contributed by atoms with Crippen LogP contribution in [0.4, 0.5) is 11.5 Å². The Morgan fingerprint density at radius 2 is 1.52 bits per heavy atom. The number of nitrogens with zero attached hydrogens (tertiary/aromatic N) is 1. The van der Waals surface area contributed by atoms with Crippen LogP contribution in [0.25, 0.3) is 0 Å². The van der Waals surface area contributed by atoms with E-state index in [1.807, 2.05) is 6.07 Å². The molecule has 0 radical (unpaired) electrons. The van der Waals surface area contributed by atoms with Crippen LogP contribution in [0.5, 0.6) is 5.75 Å². The van der Waals surface area contributed by atoms with Crippen molar-refractivity contribution in [1.82, 2.24) is 4.98 Å². The van der Waals surface area contributed by atoms with E-state index in [2.05, 4.69) is 15.6 Å². The lowest BCUT2D eigenvalue weighted by Gasteiger charge is -2.09. The van der Waals surface area contributed by atoms with Gasteiger partial charge in [0.2, 0.25) is 0 Å². The van der Waals surface area contributed by atoms with Crippen molar-refractivity contribution in [1.29, 1.82) is 0 Å². The minimum atomic E-state index is -0.440. The van der Waals surface area contributed by atoms with Gasteiger partial charge in [-0.15, -0.1) is 0 Å². The summed E-state index contributed by atoms with van der Waals surface area (Å²) in [7, 11) is 0. The van der Waals surface area contributed by atoms with Crippen molar-refractivity contribution in [3.05, 3.63) is 84.1 Å². The number of anilines is 2. The topological polar surface area (TPSA) is 91.3 Å². The lowest BCUT2D eigenvalue weighted by Crippen LogP contribution is -2.15. The van der Waals surface area contributed by atoms with Crippen molar-refractivity contribution in [3.8, 4) is 5.75 Å². The van der Waals surface area contributed by atoms with Crippen LogP contribution >= 0.6 is 0 Å². The van der Waals surface area contributed by atoms with Crippen molar-refractivity contribution in [3.63, 3.8) is 0 Å². The van der Waals surface area contributed by atoms with E-state index in [-0.39, 0.29) is 17.5 Å². The van der Waals surface area contributed by atoms with Crippen molar-refractivity contribution < 1.29 is 14.7 Å². The van der Waals surface area contributed by atoms with Crippen LogP contribution < -0.4 is 10.6 Å². The first-order valence-corrected chi connectivity index (χ1v) is 7.55. The molecule has 2 aromatic carbocycles. The number of carbonyl (C=O) groups is 2. The van der Waals surface area contributed by atoms with Crippen LogP contribution in [0.1, 0.15) is 20.7 Å². The van der Waals surface area contributed by atoms with E-state index < -0.39 is 5.91 Å². The number of aromatic nitrogens is 1. The average Bonchev–Trinajstić information content (AvgIpc) is 2.64. The van der Waals surface area contributed by atoms with Crippen molar-refractivity contribution >= 4 is 23.3 Å². The highest BCUT2D eigenvalue weighted by Gasteiger charge is 2.11. The predicted molar refractivity (Wildman–Crippen MR) is 94.7 cm³/mol. The second-order valence-corrected chi connectivity index (χ2v) is 5.23. The Labute approximate surface area is 144 Å². The molecular weight excluding hydrogens is 318 g/mol. The molecule has 25 heavy (non-hydrogen) atoms. The summed E-state index contributed by atoms with van der Waals surface area (Å²) in [6.45, 7) is 0. The van der Waals surface area contributed by atoms with E-state index in [1.54, 1.807) is 54.6 Å². The van der Waals surface area contributed by atoms with Gasteiger partial charge < -0.3 is 15.7 Å². The second-order valence-electron chi connectivity index (χ2n) is 5.23. The molecule has 3 rings (SSSR count). The molecule has 0 aliphatic carbocycles. The van der Waals surface area contributed by atoms with Gasteiger partial charge in [0, 0.05) is 23.0 Å². The summed E-state index contributed by atoms with van der Waals surface area (Å²) in [5, 5.41) is 14.9. The third kappa shape index (κ3) is 4.00. The van der Waals surface area contributed by atoms with Crippen LogP contribution in [-0.4, -0.2) is 21.9 Å². The third-order valence-corrected chi connectivity index (χ3v) is 3.44. The molecule has 1 heterocycles. The molecule has 3 aromatic rings. The molecule has 3 N–H and O–H groups in total. The van der Waals surface area contributed by atoms with E-state index in [9.17, 15) is 14.7 Å². The number of hydrogen-bond acceptors (Lipinski definition) is 4. The second kappa shape index (κ2) is 7.27. The number of nitrogens with one attached hydrogen (secondary N) is 2. The van der Waals surface area contributed by atoms with Crippen molar-refractivity contribution in [2.24, 2.45) is 0 Å². The van der Waals surface area contributed by atoms with Crippen LogP contribution in [0, 0.1) is 0 Å². The Morgan fingerprint density at radius 3 is 2.28 bits per heavy atom. The van der Waals surface area contributed by atoms with Gasteiger partial charge in [0.15, 0.2) is 11.6 Å². The fourth-order valence-electron chi connectivity index (χ4n) is 2.20. The zero-order valence-electron chi connectivity index (χ0n) is 13.1. The molecule has 0 saturated carbocycles. The molecule has 0 saturated heterocycles. The maximum Gasteiger partial charge on any atom is 0.256 e. The molecule has 0 atom stereocenters. The van der Waals surface area contributed by atoms with Crippen molar-refractivity contribution in [2.75, 3.05) is 10.6 Å². The summed E-state index contributed by atoms with van der Waals surface area (Å²) >= 11 is 0. The summed E-state index contributed by atoms with van der Waals surface area (Å²) in [5.41, 5.74) is 1.35. The molecule has 0 fully saturated rings. The minimum Gasteiger partial charge on any atom is -0.504 e. The van der Waals surface area contributed by atoms with Crippen LogP contribution in [0.3, 0.4) is 0 Å². The monoisotopic (exact) mass is 333 g/mol. The molecule has 0 spiro atoms. The Bertz CT molecular complexity index is 911. The molecule has 124 valence electrons. The molecule has 2 amide bonds. The highest BCUT2D eigenvalue weighted by Crippen LogP contribution is 2.20. The molecule has 1 aromatic heterocycles. The molecule has 6 nitrogen and oxygen atoms in total. The summed E-state index contributed by atoms with van der Waals surface area (Å²) in [5.74, 6) is -0.749. The zero-order valence-corrected chi connectivity index (χ0v) is 13.1. The third-order valence-electron chi connectivity index (χ3n) is 3.44. The van der Waals surface area contributed by atoms with E-state index in [0.717, 1.165) is 0 Å². The number of hydrogen-bond donors (Lipinski definition) is 3. The van der Waals surface area contributed by atoms with Gasteiger partial charge >= 0.3 is 0 Å². The maximum absolute atomic E-state index is 12.3. The number of pyridine rings is 1. The normalized spacial score (nSPS) is 10.1. The Hall–Kier alpha value is -3.67. The van der Waals surface area contributed by atoms with Gasteiger partial charge in [-0.25, -0.2) is 4.98 Å². The standard InChI is InChI=1S/C19H15N3O3/c23-16-10-5-11-20-17(16)22-19(25)14-8-4-9-15(12-14)21-18(24)13-6-2-1-3-7-13/h1-12,23H,(H,21,24)(H,20,22,25). The molecule has 0 aliphatic rings. The van der Waals surface area contributed by atoms with E-state index in [1.165, 1.54) is 12.3 Å². The smallest absolute Gasteiger partial charge is 0.256 e. The van der Waals surface area contributed by atoms with E-state index in [4.69, 9.17) is 0 Å². The van der Waals surface area contributed by atoms with E-state index >= 15 is 0 Å². The lowest BCUT2D eigenvalue weighted by molar-refractivity contribution is 0.101. The minimum absolute atomic E-state index is 0.0752. The summed E-state index contributed by atoms with van der Waals surface area (Å²) in [6.07, 6.45) is 1.46. The maximum atomic E-state index is 12.3. The first-order chi connectivity index (χ1) is 12.1. The predicted octanol–water partition coefficient (Wildman–Crippen LogP) is 3.29. The van der Waals surface area contributed by atoms with Gasteiger partial charge in [-0.05, 0) is 42.5 Å². The highest BCUT2D eigenvalue weighted by molar-refractivity contribution is 6.07. The summed E-state index contributed by atoms with van der Waals surface area (Å²) < 4.78 is 0. The summed E-state index contributed by atoms with van der Waals surface area (Å²) in [6, 6.07) is 18.3. The van der Waals surface area contributed by atoms with Gasteiger partial charge in [0.1, 0.15) is 0 Å². The zero-order chi connectivity index (χ0) is 17.6. The Balaban J connectivity index is 1.74. The Kier molecular flexibility index (Phi) is 4.71. The van der Waals surface area contributed by atoms with Gasteiger partial charge in [0.05, 0.1) is 0 Å². The number of amides is 2. The fraction of sp³-hybridized carbons (Fsp3) is 0. The summed E-state index contributed by atoms with van der Waals surface area (Å²) in [4.78, 5) is 28.4. The quantitative estimate of drug-likeness (QED) is 0.683. The molecule has 0 unspecified atom stereocenters. The first kappa shape index (κ1) is 16.2. The molecular formula is C19H15N3O3. The number of rotatable bonds is 4. The van der Waals surface area contributed by atoms with Crippen molar-refractivity contribution in [2.45, 2.75) is 0 Å². The first-order valence-electron chi connectivity index (χ1n) is 7.55. The SMILES string of the molecule is O=C(Nc1cccc(C(=O)Nc2ncccc2O)c1)c1ccccc1. The largest absolute Gasteiger partial charge is 0.504 e. The van der Waals surface area contributed by atoms with Gasteiger partial charge in [-0.2, -0.15) is 0 Å². The van der Waals surface area contributed by atoms with E-state index in [0.29, 0.717) is 16.8 Å². The number of benzene rings is 2. The fourth-order valence-corrected chi connectivity index (χ4v) is 2.20. The molecule has 0 aliphatic heterocycles. The number of aromatic hydroxyl groups is 1. The molecule has 0 bridgehead atoms. The lowest BCUT2D eigenvalue weighted by atomic mass is 10.1.